The molecule has 0 radical (unpaired) electrons. The smallest absolute Gasteiger partial charge is 0.410 e. The van der Waals surface area contributed by atoms with Gasteiger partial charge in [-0.25, -0.2) is 9.48 Å². The van der Waals surface area contributed by atoms with Crippen molar-refractivity contribution in [1.82, 2.24) is 14.7 Å². The molecule has 156 valence electrons. The van der Waals surface area contributed by atoms with Crippen LogP contribution in [0.4, 0.5) is 13.6 Å². The summed E-state index contributed by atoms with van der Waals surface area (Å²) in [6.07, 6.45) is -0.846. The molecular formula is C18H28F2N4O3Si. The zero-order valence-electron chi connectivity index (χ0n) is 17.3. The zero-order valence-corrected chi connectivity index (χ0v) is 18.3. The second-order valence-electron chi connectivity index (χ2n) is 9.18. The van der Waals surface area contributed by atoms with E-state index >= 15 is 0 Å². The Balaban J connectivity index is 2.23. The number of carbonyl (C=O) groups is 1. The highest BCUT2D eigenvalue weighted by atomic mass is 28.3. The van der Waals surface area contributed by atoms with E-state index in [1.807, 2.05) is 6.07 Å². The monoisotopic (exact) mass is 414 g/mol. The summed E-state index contributed by atoms with van der Waals surface area (Å²) in [5.41, 5.74) is -1.26. The van der Waals surface area contributed by atoms with Crippen LogP contribution in [0.1, 0.15) is 37.7 Å². The number of amides is 1. The van der Waals surface area contributed by atoms with Crippen molar-refractivity contribution in [2.24, 2.45) is 0 Å². The number of ether oxygens (including phenoxy) is 2. The molecule has 0 saturated carbocycles. The van der Waals surface area contributed by atoms with E-state index in [1.165, 1.54) is 0 Å². The summed E-state index contributed by atoms with van der Waals surface area (Å²) in [7, 11) is -1.31. The van der Waals surface area contributed by atoms with Crippen LogP contribution in [0, 0.1) is 11.3 Å². The van der Waals surface area contributed by atoms with E-state index in [0.717, 1.165) is 15.6 Å². The first-order valence-corrected chi connectivity index (χ1v) is 12.9. The van der Waals surface area contributed by atoms with Crippen LogP contribution in [0.15, 0.2) is 0 Å². The van der Waals surface area contributed by atoms with Gasteiger partial charge in [0.15, 0.2) is 5.69 Å². The molecule has 1 aliphatic rings. The fraction of sp³-hybridized carbons (Fsp3) is 0.722. The Kier molecular flexibility index (Phi) is 6.21. The van der Waals surface area contributed by atoms with Crippen LogP contribution < -0.4 is 0 Å². The van der Waals surface area contributed by atoms with Crippen molar-refractivity contribution in [3.8, 4) is 6.07 Å². The van der Waals surface area contributed by atoms with Crippen LogP contribution in [0.25, 0.3) is 0 Å². The number of nitrogens with zero attached hydrogens (tertiary/aromatic N) is 4. The van der Waals surface area contributed by atoms with E-state index in [-0.39, 0.29) is 30.2 Å². The highest BCUT2D eigenvalue weighted by Crippen LogP contribution is 2.38. The molecule has 0 aromatic carbocycles. The minimum atomic E-state index is -3.37. The van der Waals surface area contributed by atoms with E-state index in [9.17, 15) is 18.8 Å². The van der Waals surface area contributed by atoms with E-state index in [0.29, 0.717) is 6.61 Å². The van der Waals surface area contributed by atoms with Gasteiger partial charge in [-0.3, -0.25) is 4.90 Å². The van der Waals surface area contributed by atoms with Crippen LogP contribution in [0.5, 0.6) is 0 Å². The van der Waals surface area contributed by atoms with E-state index in [2.05, 4.69) is 24.7 Å². The maximum atomic E-state index is 14.9. The van der Waals surface area contributed by atoms with E-state index in [4.69, 9.17) is 9.47 Å². The third-order valence-electron chi connectivity index (χ3n) is 4.10. The fourth-order valence-corrected chi connectivity index (χ4v) is 3.54. The molecule has 0 unspecified atom stereocenters. The predicted molar refractivity (Wildman–Crippen MR) is 102 cm³/mol. The third kappa shape index (κ3) is 5.51. The predicted octanol–water partition coefficient (Wildman–Crippen LogP) is 3.91. The standard InChI is InChI=1S/C18H28F2N4O3Si/c1-17(2,3)27-16(25)23-10-13-14(9-21)22-24(15(13)18(19,20)11-23)12-26-7-8-28(4,5)6/h7-8,10-12H2,1-6H3. The highest BCUT2D eigenvalue weighted by Gasteiger charge is 2.47. The van der Waals surface area contributed by atoms with Gasteiger partial charge in [-0.2, -0.15) is 19.1 Å². The summed E-state index contributed by atoms with van der Waals surface area (Å²) in [6, 6.07) is 2.74. The lowest BCUT2D eigenvalue weighted by Gasteiger charge is -2.34. The lowest BCUT2D eigenvalue weighted by molar-refractivity contribution is -0.0692. The second-order valence-corrected chi connectivity index (χ2v) is 14.8. The second kappa shape index (κ2) is 7.79. The Morgan fingerprint density at radius 2 is 2.00 bits per heavy atom. The first kappa shape index (κ1) is 22.3. The molecule has 0 aliphatic carbocycles. The van der Waals surface area contributed by atoms with Crippen molar-refractivity contribution < 1.29 is 23.0 Å². The lowest BCUT2D eigenvalue weighted by atomic mass is 10.0. The van der Waals surface area contributed by atoms with Crippen LogP contribution in [0.2, 0.25) is 25.7 Å². The summed E-state index contributed by atoms with van der Waals surface area (Å²) >= 11 is 0. The van der Waals surface area contributed by atoms with Crippen LogP contribution in [0.3, 0.4) is 0 Å². The minimum Gasteiger partial charge on any atom is -0.444 e. The molecule has 0 N–H and O–H groups in total. The third-order valence-corrected chi connectivity index (χ3v) is 5.81. The number of carbonyl (C=O) groups excluding carboxylic acids is 1. The molecule has 2 rings (SSSR count). The Morgan fingerprint density at radius 3 is 2.54 bits per heavy atom. The number of halogens is 2. The molecule has 7 nitrogen and oxygen atoms in total. The molecule has 1 aliphatic heterocycles. The quantitative estimate of drug-likeness (QED) is 0.539. The Morgan fingerprint density at radius 1 is 1.36 bits per heavy atom. The summed E-state index contributed by atoms with van der Waals surface area (Å²) in [5, 5.41) is 13.3. The molecule has 28 heavy (non-hydrogen) atoms. The average Bonchev–Trinajstić information content (AvgIpc) is 2.87. The van der Waals surface area contributed by atoms with Gasteiger partial charge in [-0.15, -0.1) is 0 Å². The van der Waals surface area contributed by atoms with Crippen molar-refractivity contribution in [3.63, 3.8) is 0 Å². The van der Waals surface area contributed by atoms with Gasteiger partial charge in [0, 0.05) is 20.2 Å². The molecule has 1 amide bonds. The number of nitriles is 1. The number of alkyl halides is 2. The molecular weight excluding hydrogens is 386 g/mol. The van der Waals surface area contributed by atoms with Gasteiger partial charge in [0.2, 0.25) is 0 Å². The highest BCUT2D eigenvalue weighted by molar-refractivity contribution is 6.76. The Labute approximate surface area is 165 Å². The van der Waals surface area contributed by atoms with Gasteiger partial charge < -0.3 is 9.47 Å². The van der Waals surface area contributed by atoms with Crippen LogP contribution >= 0.6 is 0 Å². The van der Waals surface area contributed by atoms with Crippen molar-refractivity contribution >= 4 is 14.2 Å². The lowest BCUT2D eigenvalue weighted by Crippen LogP contribution is -2.46. The number of hydrogen-bond donors (Lipinski definition) is 0. The topological polar surface area (TPSA) is 80.4 Å². The van der Waals surface area contributed by atoms with Gasteiger partial charge in [0.25, 0.3) is 0 Å². The first-order chi connectivity index (χ1) is 12.7. The van der Waals surface area contributed by atoms with E-state index < -0.39 is 32.2 Å². The Bertz CT molecular complexity index is 776. The first-order valence-electron chi connectivity index (χ1n) is 9.17. The van der Waals surface area contributed by atoms with Crippen LogP contribution in [-0.2, 0) is 28.7 Å². The summed E-state index contributed by atoms with van der Waals surface area (Å²) < 4.78 is 41.5. The molecule has 0 spiro atoms. The van der Waals surface area contributed by atoms with Crippen molar-refractivity contribution in [2.75, 3.05) is 13.2 Å². The number of hydrogen-bond acceptors (Lipinski definition) is 5. The summed E-state index contributed by atoms with van der Waals surface area (Å²) in [4.78, 5) is 13.2. The molecule has 0 saturated heterocycles. The average molecular weight is 415 g/mol. The van der Waals surface area contributed by atoms with Gasteiger partial charge in [-0.1, -0.05) is 19.6 Å². The SMILES string of the molecule is CC(C)(C)OC(=O)N1Cc2c(C#N)nn(COCC[Si](C)(C)C)c2C(F)(F)C1. The molecule has 0 bridgehead atoms. The summed E-state index contributed by atoms with van der Waals surface area (Å²) in [6.45, 7) is 10.9. The maximum absolute atomic E-state index is 14.9. The largest absolute Gasteiger partial charge is 0.444 e. The van der Waals surface area contributed by atoms with Crippen molar-refractivity contribution in [1.29, 1.82) is 5.26 Å². The normalized spacial score (nSPS) is 16.5. The van der Waals surface area contributed by atoms with Crippen molar-refractivity contribution in [2.45, 2.75) is 71.3 Å². The van der Waals surface area contributed by atoms with Crippen molar-refractivity contribution in [3.05, 3.63) is 17.0 Å². The van der Waals surface area contributed by atoms with Gasteiger partial charge in [-0.05, 0) is 26.8 Å². The van der Waals surface area contributed by atoms with Crippen LogP contribution in [-0.4, -0.2) is 47.6 Å². The molecule has 0 fully saturated rings. The molecule has 2 heterocycles. The number of fused-ring (bicyclic) bond motifs is 1. The molecule has 1 aromatic rings. The minimum absolute atomic E-state index is 0.0402. The van der Waals surface area contributed by atoms with Gasteiger partial charge >= 0.3 is 12.0 Å². The Hall–Kier alpha value is -1.99. The van der Waals surface area contributed by atoms with Gasteiger partial charge in [0.1, 0.15) is 24.1 Å². The van der Waals surface area contributed by atoms with Gasteiger partial charge in [0.05, 0.1) is 13.1 Å². The van der Waals surface area contributed by atoms with E-state index in [1.54, 1.807) is 20.8 Å². The maximum Gasteiger partial charge on any atom is 0.410 e. The molecule has 10 heteroatoms. The molecule has 1 aromatic heterocycles. The zero-order chi connectivity index (χ0) is 21.3. The number of rotatable bonds is 5. The molecule has 0 atom stereocenters. The fourth-order valence-electron chi connectivity index (χ4n) is 2.79. The number of aromatic nitrogens is 2. The summed E-state index contributed by atoms with van der Waals surface area (Å²) in [5.74, 6) is -3.37.